The van der Waals surface area contributed by atoms with E-state index in [9.17, 15) is 14.7 Å². The molecule has 0 bridgehead atoms. The van der Waals surface area contributed by atoms with Gasteiger partial charge in [-0.25, -0.2) is 0 Å². The van der Waals surface area contributed by atoms with Crippen molar-refractivity contribution in [3.63, 3.8) is 0 Å². The number of hydrogen-bond donors (Lipinski definition) is 3. The van der Waals surface area contributed by atoms with Crippen LogP contribution in [0.15, 0.2) is 47.4 Å². The molecule has 26 heavy (non-hydrogen) atoms. The summed E-state index contributed by atoms with van der Waals surface area (Å²) in [5.41, 5.74) is 0.961. The molecule has 0 saturated heterocycles. The van der Waals surface area contributed by atoms with Crippen LogP contribution in [0.4, 0.5) is 5.69 Å². The molecule has 8 heteroatoms. The molecule has 2 amide bonds. The summed E-state index contributed by atoms with van der Waals surface area (Å²) >= 11 is 7.41. The van der Waals surface area contributed by atoms with Crippen LogP contribution >= 0.6 is 23.4 Å². The molecule has 134 valence electrons. The van der Waals surface area contributed by atoms with Crippen LogP contribution in [0, 0.1) is 11.3 Å². The lowest BCUT2D eigenvalue weighted by Crippen LogP contribution is -2.37. The van der Waals surface area contributed by atoms with Crippen molar-refractivity contribution < 1.29 is 14.7 Å². The second-order valence-electron chi connectivity index (χ2n) is 5.25. The summed E-state index contributed by atoms with van der Waals surface area (Å²) in [6.07, 6.45) is 1.01. The Bertz CT molecular complexity index is 850. The number of anilines is 1. The molecule has 3 N–H and O–H groups in total. The zero-order chi connectivity index (χ0) is 19.1. The predicted octanol–water partition coefficient (Wildman–Crippen LogP) is 2.72. The molecule has 2 aromatic rings. The van der Waals surface area contributed by atoms with Gasteiger partial charge in [-0.3, -0.25) is 9.59 Å². The number of thioether (sulfide) groups is 1. The molecule has 1 atom stereocenters. The first-order valence-corrected chi connectivity index (χ1v) is 9.15. The number of benzene rings is 2. The third kappa shape index (κ3) is 5.23. The summed E-state index contributed by atoms with van der Waals surface area (Å²) < 4.78 is 0. The van der Waals surface area contributed by atoms with Gasteiger partial charge in [-0.05, 0) is 42.2 Å². The Hall–Kier alpha value is -2.53. The maximum Gasteiger partial charge on any atom is 0.313 e. The maximum absolute atomic E-state index is 12.0. The Kier molecular flexibility index (Phi) is 7.04. The van der Waals surface area contributed by atoms with E-state index in [1.807, 2.05) is 24.5 Å². The number of carbonyl (C=O) groups is 2. The molecular formula is C18H16ClN3O3S. The second-order valence-corrected chi connectivity index (χ2v) is 6.57. The van der Waals surface area contributed by atoms with Gasteiger partial charge in [0.15, 0.2) is 0 Å². The smallest absolute Gasteiger partial charge is 0.313 e. The van der Waals surface area contributed by atoms with E-state index in [1.165, 1.54) is 18.2 Å². The first-order valence-electron chi connectivity index (χ1n) is 7.55. The first-order chi connectivity index (χ1) is 12.4. The highest BCUT2D eigenvalue weighted by molar-refractivity contribution is 7.98. The van der Waals surface area contributed by atoms with Crippen molar-refractivity contribution in [2.75, 3.05) is 18.1 Å². The van der Waals surface area contributed by atoms with Crippen LogP contribution in [0.25, 0.3) is 0 Å². The molecule has 1 unspecified atom stereocenters. The van der Waals surface area contributed by atoms with Gasteiger partial charge in [0.1, 0.15) is 6.07 Å². The summed E-state index contributed by atoms with van der Waals surface area (Å²) in [5.74, 6) is -1.87. The number of rotatable bonds is 5. The lowest BCUT2D eigenvalue weighted by atomic mass is 10.1. The Morgan fingerprint density at radius 1 is 1.23 bits per heavy atom. The average molecular weight is 390 g/mol. The highest BCUT2D eigenvalue weighted by atomic mass is 35.5. The minimum absolute atomic E-state index is 0.120. The fraction of sp³-hybridized carbons (Fsp3) is 0.167. The van der Waals surface area contributed by atoms with Gasteiger partial charge in [-0.15, -0.1) is 11.8 Å². The van der Waals surface area contributed by atoms with E-state index in [4.69, 9.17) is 16.9 Å². The normalized spacial score (nSPS) is 11.3. The third-order valence-electron chi connectivity index (χ3n) is 3.51. The molecule has 0 saturated carbocycles. The molecule has 0 aliphatic rings. The minimum Gasteiger partial charge on any atom is -0.387 e. The third-order valence-corrected chi connectivity index (χ3v) is 4.49. The van der Waals surface area contributed by atoms with Crippen LogP contribution in [0.5, 0.6) is 0 Å². The van der Waals surface area contributed by atoms with Crippen LogP contribution in [0.1, 0.15) is 17.2 Å². The van der Waals surface area contributed by atoms with E-state index >= 15 is 0 Å². The van der Waals surface area contributed by atoms with Crippen molar-refractivity contribution in [1.82, 2.24) is 5.32 Å². The van der Waals surface area contributed by atoms with Crippen LogP contribution in [-0.2, 0) is 9.59 Å². The largest absolute Gasteiger partial charge is 0.387 e. The quantitative estimate of drug-likeness (QED) is 0.539. The zero-order valence-electron chi connectivity index (χ0n) is 13.8. The van der Waals surface area contributed by atoms with Crippen molar-refractivity contribution in [2.24, 2.45) is 0 Å². The molecule has 0 aromatic heterocycles. The number of carbonyl (C=O) groups excluding carboxylic acids is 2. The first kappa shape index (κ1) is 19.8. The Balaban J connectivity index is 1.93. The topological polar surface area (TPSA) is 102 Å². The van der Waals surface area contributed by atoms with Crippen molar-refractivity contribution in [3.8, 4) is 6.07 Å². The number of amides is 2. The lowest BCUT2D eigenvalue weighted by molar-refractivity contribution is -0.136. The number of nitriles is 1. The second kappa shape index (κ2) is 9.25. The summed E-state index contributed by atoms with van der Waals surface area (Å²) in [6.45, 7) is -0.120. The van der Waals surface area contributed by atoms with E-state index in [1.54, 1.807) is 23.9 Å². The van der Waals surface area contributed by atoms with E-state index in [0.29, 0.717) is 10.6 Å². The Labute approximate surface area is 160 Å². The number of nitrogens with zero attached hydrogens (tertiary/aromatic N) is 1. The Morgan fingerprint density at radius 3 is 2.54 bits per heavy atom. The SMILES string of the molecule is CSc1ccc(C(O)CNC(=O)C(=O)Nc2cc(Cl)ccc2C#N)cc1. The van der Waals surface area contributed by atoms with Gasteiger partial charge in [0, 0.05) is 16.5 Å². The van der Waals surface area contributed by atoms with Gasteiger partial charge in [0.2, 0.25) is 0 Å². The zero-order valence-corrected chi connectivity index (χ0v) is 15.4. The summed E-state index contributed by atoms with van der Waals surface area (Å²) in [5, 5.41) is 24.2. The monoisotopic (exact) mass is 389 g/mol. The lowest BCUT2D eigenvalue weighted by Gasteiger charge is -2.13. The molecule has 0 spiro atoms. The predicted molar refractivity (Wildman–Crippen MR) is 101 cm³/mol. The van der Waals surface area contributed by atoms with Gasteiger partial charge in [-0.1, -0.05) is 23.7 Å². The number of nitrogens with one attached hydrogen (secondary N) is 2. The Morgan fingerprint density at radius 2 is 1.92 bits per heavy atom. The van der Waals surface area contributed by atoms with Gasteiger partial charge in [0.05, 0.1) is 17.4 Å². The van der Waals surface area contributed by atoms with Gasteiger partial charge >= 0.3 is 11.8 Å². The van der Waals surface area contributed by atoms with Crippen LogP contribution in [0.3, 0.4) is 0 Å². The molecule has 2 aromatic carbocycles. The van der Waals surface area contributed by atoms with Crippen LogP contribution < -0.4 is 10.6 Å². The van der Waals surface area contributed by atoms with E-state index < -0.39 is 17.9 Å². The van der Waals surface area contributed by atoms with Crippen molar-refractivity contribution in [1.29, 1.82) is 5.26 Å². The molecule has 0 heterocycles. The highest BCUT2D eigenvalue weighted by Gasteiger charge is 2.17. The fourth-order valence-electron chi connectivity index (χ4n) is 2.11. The van der Waals surface area contributed by atoms with E-state index in [-0.39, 0.29) is 17.8 Å². The van der Waals surface area contributed by atoms with Crippen molar-refractivity contribution >= 4 is 40.9 Å². The van der Waals surface area contributed by atoms with E-state index in [2.05, 4.69) is 10.6 Å². The molecule has 2 rings (SSSR count). The summed E-state index contributed by atoms with van der Waals surface area (Å²) in [6, 6.07) is 13.5. The number of halogens is 1. The van der Waals surface area contributed by atoms with Gasteiger partial charge in [-0.2, -0.15) is 5.26 Å². The molecule has 0 aliphatic heterocycles. The number of aliphatic hydroxyl groups is 1. The molecule has 0 radical (unpaired) electrons. The fourth-order valence-corrected chi connectivity index (χ4v) is 2.69. The molecule has 6 nitrogen and oxygen atoms in total. The summed E-state index contributed by atoms with van der Waals surface area (Å²) in [4.78, 5) is 24.9. The standard InChI is InChI=1S/C18H16ClN3O3S/c1-26-14-6-3-11(4-7-14)16(23)10-21-17(24)18(25)22-15-8-13(19)5-2-12(15)9-20/h2-8,16,23H,10H2,1H3,(H,21,24)(H,22,25). The summed E-state index contributed by atoms with van der Waals surface area (Å²) in [7, 11) is 0. The van der Waals surface area contributed by atoms with Gasteiger partial charge < -0.3 is 15.7 Å². The van der Waals surface area contributed by atoms with Crippen LogP contribution in [0.2, 0.25) is 5.02 Å². The van der Waals surface area contributed by atoms with Crippen molar-refractivity contribution in [3.05, 3.63) is 58.6 Å². The van der Waals surface area contributed by atoms with Crippen molar-refractivity contribution in [2.45, 2.75) is 11.0 Å². The van der Waals surface area contributed by atoms with Crippen LogP contribution in [-0.4, -0.2) is 29.7 Å². The number of aliphatic hydroxyl groups excluding tert-OH is 1. The highest BCUT2D eigenvalue weighted by Crippen LogP contribution is 2.20. The number of hydrogen-bond acceptors (Lipinski definition) is 5. The molecule has 0 aliphatic carbocycles. The van der Waals surface area contributed by atoms with E-state index in [0.717, 1.165) is 4.90 Å². The molecule has 0 fully saturated rings. The average Bonchev–Trinajstić information content (AvgIpc) is 2.66. The minimum atomic E-state index is -0.950. The maximum atomic E-state index is 12.0. The van der Waals surface area contributed by atoms with Gasteiger partial charge in [0.25, 0.3) is 0 Å². The molecular weight excluding hydrogens is 374 g/mol.